The smallest absolute Gasteiger partial charge is 0.417 e. The first-order valence-electron chi connectivity index (χ1n) is 14.3. The molecule has 2 unspecified atom stereocenters. The lowest BCUT2D eigenvalue weighted by molar-refractivity contribution is -0.137. The summed E-state index contributed by atoms with van der Waals surface area (Å²) in [5.74, 6) is 0.470. The molecule has 1 aliphatic carbocycles. The lowest BCUT2D eigenvalue weighted by Gasteiger charge is -2.38. The number of thiazole rings is 1. The first-order valence-corrected chi connectivity index (χ1v) is 15.1. The van der Waals surface area contributed by atoms with E-state index in [-0.39, 0.29) is 47.9 Å². The molecular formula is C31H30F3N3O4S. The summed E-state index contributed by atoms with van der Waals surface area (Å²) in [5, 5.41) is 5.08. The molecule has 2 saturated heterocycles. The fourth-order valence-electron chi connectivity index (χ4n) is 6.58. The van der Waals surface area contributed by atoms with E-state index >= 15 is 0 Å². The summed E-state index contributed by atoms with van der Waals surface area (Å²) in [4.78, 5) is 19.5. The summed E-state index contributed by atoms with van der Waals surface area (Å²) in [6.45, 7) is 2.12. The van der Waals surface area contributed by atoms with Crippen molar-refractivity contribution in [3.05, 3.63) is 64.4 Å². The highest BCUT2D eigenvalue weighted by Crippen LogP contribution is 2.47. The lowest BCUT2D eigenvalue weighted by atomic mass is 9.98. The van der Waals surface area contributed by atoms with Crippen LogP contribution in [0.5, 0.6) is 0 Å². The Balaban J connectivity index is 1.11. The van der Waals surface area contributed by atoms with E-state index in [2.05, 4.69) is 10.1 Å². The van der Waals surface area contributed by atoms with Gasteiger partial charge >= 0.3 is 12.1 Å². The molecule has 0 N–H and O–H groups in total. The number of piperidine rings is 1. The molecule has 4 heterocycles. The first kappa shape index (κ1) is 27.4. The Morgan fingerprint density at radius 3 is 2.55 bits per heavy atom. The Labute approximate surface area is 244 Å². The molecular weight excluding hydrogens is 567 g/mol. The summed E-state index contributed by atoms with van der Waals surface area (Å²) >= 11 is 1.59. The first-order chi connectivity index (χ1) is 20.2. The Morgan fingerprint density at radius 1 is 1.12 bits per heavy atom. The molecule has 4 aromatic rings. The Kier molecular flexibility index (Phi) is 6.77. The normalized spacial score (nSPS) is 22.2. The molecule has 220 valence electrons. The van der Waals surface area contributed by atoms with Gasteiger partial charge in [0.1, 0.15) is 11.5 Å². The number of benzene rings is 2. The minimum absolute atomic E-state index is 0.0237. The van der Waals surface area contributed by atoms with Crippen molar-refractivity contribution in [2.24, 2.45) is 0 Å². The zero-order chi connectivity index (χ0) is 29.2. The topological polar surface area (TPSA) is 77.7 Å². The third kappa shape index (κ3) is 4.86. The van der Waals surface area contributed by atoms with Crippen LogP contribution in [0.1, 0.15) is 77.3 Å². The molecule has 2 aromatic carbocycles. The number of alkyl halides is 3. The third-order valence-corrected chi connectivity index (χ3v) is 9.74. The minimum Gasteiger partial charge on any atom is -0.465 e. The molecule has 0 radical (unpaired) electrons. The fourth-order valence-corrected chi connectivity index (χ4v) is 7.81. The maximum Gasteiger partial charge on any atom is 0.417 e. The van der Waals surface area contributed by atoms with E-state index in [0.717, 1.165) is 65.5 Å². The highest BCUT2D eigenvalue weighted by Gasteiger charge is 2.43. The van der Waals surface area contributed by atoms with Crippen molar-refractivity contribution in [1.82, 2.24) is 10.1 Å². The number of ether oxygens (including phenoxy) is 2. The summed E-state index contributed by atoms with van der Waals surface area (Å²) in [6.07, 6.45) is 0.999. The predicted octanol–water partition coefficient (Wildman–Crippen LogP) is 7.66. The summed E-state index contributed by atoms with van der Waals surface area (Å²) in [7, 11) is 1.38. The van der Waals surface area contributed by atoms with Gasteiger partial charge in [-0.05, 0) is 69.2 Å². The molecule has 2 aromatic heterocycles. The number of aromatic nitrogens is 2. The molecule has 2 atom stereocenters. The number of fused-ring (bicyclic) bond motifs is 3. The van der Waals surface area contributed by atoms with Gasteiger partial charge in [0.15, 0.2) is 5.13 Å². The number of hydrogen-bond donors (Lipinski definition) is 0. The van der Waals surface area contributed by atoms with Gasteiger partial charge in [-0.25, -0.2) is 9.78 Å². The van der Waals surface area contributed by atoms with Gasteiger partial charge in [0.25, 0.3) is 0 Å². The molecule has 2 bridgehead atoms. The van der Waals surface area contributed by atoms with Gasteiger partial charge in [0, 0.05) is 29.1 Å². The molecule has 2 aliphatic heterocycles. The van der Waals surface area contributed by atoms with E-state index in [9.17, 15) is 18.0 Å². The number of anilines is 1. The van der Waals surface area contributed by atoms with Gasteiger partial charge in [-0.1, -0.05) is 34.7 Å². The third-order valence-electron chi connectivity index (χ3n) is 8.72. The zero-order valence-corrected chi connectivity index (χ0v) is 24.1. The molecule has 1 saturated carbocycles. The number of carbonyl (C=O) groups excluding carboxylic acids is 1. The van der Waals surface area contributed by atoms with E-state index in [1.54, 1.807) is 17.4 Å². The number of carbonyl (C=O) groups is 1. The second-order valence-corrected chi connectivity index (χ2v) is 12.5. The predicted molar refractivity (Wildman–Crippen MR) is 152 cm³/mol. The van der Waals surface area contributed by atoms with E-state index in [0.29, 0.717) is 16.9 Å². The number of esters is 1. The van der Waals surface area contributed by atoms with E-state index in [1.807, 2.05) is 19.1 Å². The number of hydrogen-bond acceptors (Lipinski definition) is 8. The van der Waals surface area contributed by atoms with E-state index in [4.69, 9.17) is 19.0 Å². The van der Waals surface area contributed by atoms with Crippen molar-refractivity contribution < 1.29 is 32.0 Å². The fraction of sp³-hybridized carbons (Fsp3) is 0.452. The van der Waals surface area contributed by atoms with Crippen LogP contribution in [0.2, 0.25) is 0 Å². The zero-order valence-electron chi connectivity index (χ0n) is 23.2. The minimum atomic E-state index is -4.50. The quantitative estimate of drug-likeness (QED) is 0.203. The molecule has 3 fully saturated rings. The van der Waals surface area contributed by atoms with Crippen LogP contribution >= 0.6 is 11.3 Å². The molecule has 0 spiro atoms. The van der Waals surface area contributed by atoms with Gasteiger partial charge < -0.3 is 18.9 Å². The van der Waals surface area contributed by atoms with Crippen LogP contribution in [0.25, 0.3) is 21.5 Å². The maximum absolute atomic E-state index is 13.8. The van der Waals surface area contributed by atoms with Crippen molar-refractivity contribution in [1.29, 1.82) is 0 Å². The van der Waals surface area contributed by atoms with E-state index in [1.165, 1.54) is 19.2 Å². The number of methoxy groups -OCH3 is 1. The monoisotopic (exact) mass is 597 g/mol. The van der Waals surface area contributed by atoms with Gasteiger partial charge in [0.2, 0.25) is 0 Å². The number of nitrogens with zero attached hydrogens (tertiary/aromatic N) is 3. The van der Waals surface area contributed by atoms with Crippen LogP contribution in [0.4, 0.5) is 18.3 Å². The largest absolute Gasteiger partial charge is 0.465 e. The second kappa shape index (κ2) is 10.4. The maximum atomic E-state index is 13.8. The lowest BCUT2D eigenvalue weighted by Crippen LogP contribution is -2.45. The molecule has 7 rings (SSSR count). The Hall–Kier alpha value is -3.44. The average molecular weight is 598 g/mol. The van der Waals surface area contributed by atoms with Crippen LogP contribution in [-0.4, -0.2) is 41.4 Å². The van der Waals surface area contributed by atoms with Gasteiger partial charge in [-0.3, -0.25) is 0 Å². The van der Waals surface area contributed by atoms with Crippen LogP contribution in [0.3, 0.4) is 0 Å². The number of halogens is 3. The second-order valence-electron chi connectivity index (χ2n) is 11.5. The van der Waals surface area contributed by atoms with Crippen LogP contribution in [0, 0.1) is 6.92 Å². The molecule has 0 amide bonds. The van der Waals surface area contributed by atoms with Crippen molar-refractivity contribution in [3.63, 3.8) is 0 Å². The standard InChI is InChI=1S/C31H30F3N3O4S/c1-16-11-18(29(38)39-2)12-25-26(16)35-30(42-25)37-19-9-10-20(37)14-21(13-19)40-15-23-27(36-41-28(23)17-7-8-17)22-5-3-4-6-24(22)31(32,33)34/h3-6,11-12,17,19-21H,7-10,13-15H2,1-2H3. The molecule has 3 aliphatic rings. The van der Waals surface area contributed by atoms with E-state index < -0.39 is 11.7 Å². The van der Waals surface area contributed by atoms with Crippen LogP contribution in [0.15, 0.2) is 40.9 Å². The highest BCUT2D eigenvalue weighted by molar-refractivity contribution is 7.22. The summed E-state index contributed by atoms with van der Waals surface area (Å²) < 4.78 is 59.5. The molecule has 7 nitrogen and oxygen atoms in total. The van der Waals surface area contributed by atoms with Crippen molar-refractivity contribution in [3.8, 4) is 11.3 Å². The number of aryl methyl sites for hydroxylation is 1. The summed E-state index contributed by atoms with van der Waals surface area (Å²) in [6, 6.07) is 9.68. The Morgan fingerprint density at radius 2 is 1.86 bits per heavy atom. The SMILES string of the molecule is COC(=O)c1cc(C)c2nc(N3C4CCC3CC(OCc3c(-c5ccccc5C(F)(F)F)noc3C3CC3)C4)sc2c1. The Bertz CT molecular complexity index is 1650. The van der Waals surface area contributed by atoms with Crippen LogP contribution in [-0.2, 0) is 22.3 Å². The van der Waals surface area contributed by atoms with Crippen LogP contribution < -0.4 is 4.90 Å². The van der Waals surface area contributed by atoms with Crippen molar-refractivity contribution in [2.75, 3.05) is 12.0 Å². The molecule has 42 heavy (non-hydrogen) atoms. The number of rotatable bonds is 7. The van der Waals surface area contributed by atoms with Crippen molar-refractivity contribution in [2.45, 2.75) is 82.3 Å². The molecule has 11 heteroatoms. The highest BCUT2D eigenvalue weighted by atomic mass is 32.1. The average Bonchev–Trinajstić information content (AvgIpc) is 3.48. The van der Waals surface area contributed by atoms with Crippen molar-refractivity contribution >= 4 is 32.7 Å². The van der Waals surface area contributed by atoms with Gasteiger partial charge in [-0.15, -0.1) is 0 Å². The summed E-state index contributed by atoms with van der Waals surface area (Å²) in [5.41, 5.74) is 2.50. The van der Waals surface area contributed by atoms with Gasteiger partial charge in [-0.2, -0.15) is 13.2 Å². The van der Waals surface area contributed by atoms with Gasteiger partial charge in [0.05, 0.1) is 41.2 Å².